The second-order valence-electron chi connectivity index (χ2n) is 4.80. The molecule has 1 atom stereocenters. The molecular weight excluding hydrogens is 272 g/mol. The summed E-state index contributed by atoms with van der Waals surface area (Å²) in [5, 5.41) is 2.94. The highest BCUT2D eigenvalue weighted by atomic mass is 32.1. The smallest absolute Gasteiger partial charge is 0.253 e. The Labute approximate surface area is 121 Å². The zero-order valence-corrected chi connectivity index (χ0v) is 12.1. The molecule has 5 heteroatoms. The molecule has 1 N–H and O–H groups in total. The number of anilines is 1. The molecule has 1 aliphatic heterocycles. The molecule has 20 heavy (non-hydrogen) atoms. The van der Waals surface area contributed by atoms with Gasteiger partial charge in [-0.05, 0) is 44.0 Å². The number of aromatic nitrogens is 1. The lowest BCUT2D eigenvalue weighted by Gasteiger charge is -2.12. The van der Waals surface area contributed by atoms with E-state index in [0.717, 1.165) is 29.1 Å². The van der Waals surface area contributed by atoms with Crippen molar-refractivity contribution in [3.63, 3.8) is 0 Å². The number of aryl methyl sites for hydroxylation is 1. The number of carbonyl (C=O) groups excluding carboxylic acids is 1. The predicted molar refractivity (Wildman–Crippen MR) is 79.9 cm³/mol. The van der Waals surface area contributed by atoms with E-state index in [1.165, 1.54) is 4.88 Å². The van der Waals surface area contributed by atoms with Crippen molar-refractivity contribution in [2.24, 2.45) is 0 Å². The molecule has 1 amide bonds. The van der Waals surface area contributed by atoms with Gasteiger partial charge in [0, 0.05) is 17.7 Å². The van der Waals surface area contributed by atoms with Gasteiger partial charge in [-0.1, -0.05) is 0 Å². The summed E-state index contributed by atoms with van der Waals surface area (Å²) >= 11 is 1.67. The van der Waals surface area contributed by atoms with Crippen molar-refractivity contribution >= 4 is 22.9 Å². The van der Waals surface area contributed by atoms with E-state index in [-0.39, 0.29) is 12.0 Å². The van der Waals surface area contributed by atoms with Gasteiger partial charge in [0.25, 0.3) is 5.91 Å². The molecule has 2 aromatic rings. The van der Waals surface area contributed by atoms with Crippen LogP contribution in [0.25, 0.3) is 10.6 Å². The van der Waals surface area contributed by atoms with Crippen molar-refractivity contribution in [2.75, 3.05) is 11.9 Å². The first-order valence-electron chi connectivity index (χ1n) is 6.68. The molecule has 1 saturated heterocycles. The predicted octanol–water partition coefficient (Wildman–Crippen LogP) is 3.24. The summed E-state index contributed by atoms with van der Waals surface area (Å²) in [6, 6.07) is 7.80. The Bertz CT molecular complexity index is 618. The van der Waals surface area contributed by atoms with Gasteiger partial charge in [-0.2, -0.15) is 0 Å². The summed E-state index contributed by atoms with van der Waals surface area (Å²) < 4.78 is 5.41. The largest absolute Gasteiger partial charge is 0.368 e. The third-order valence-corrected chi connectivity index (χ3v) is 4.27. The highest BCUT2D eigenvalue weighted by molar-refractivity contribution is 7.15. The van der Waals surface area contributed by atoms with Crippen molar-refractivity contribution < 1.29 is 9.53 Å². The maximum absolute atomic E-state index is 12.1. The van der Waals surface area contributed by atoms with Crippen molar-refractivity contribution in [3.05, 3.63) is 35.3 Å². The van der Waals surface area contributed by atoms with E-state index >= 15 is 0 Å². The SMILES string of the molecule is Cc1ccc(-c2ncccc2NC(=O)C2CCCO2)s1. The first-order valence-corrected chi connectivity index (χ1v) is 7.50. The van der Waals surface area contributed by atoms with Gasteiger partial charge < -0.3 is 10.1 Å². The maximum Gasteiger partial charge on any atom is 0.253 e. The highest BCUT2D eigenvalue weighted by Gasteiger charge is 2.24. The number of pyridine rings is 1. The van der Waals surface area contributed by atoms with Crippen LogP contribution in [0.1, 0.15) is 17.7 Å². The Balaban J connectivity index is 1.84. The van der Waals surface area contributed by atoms with Crippen LogP contribution in [0.4, 0.5) is 5.69 Å². The number of hydrogen-bond acceptors (Lipinski definition) is 4. The van der Waals surface area contributed by atoms with Crippen LogP contribution in [0.2, 0.25) is 0 Å². The second-order valence-corrected chi connectivity index (χ2v) is 6.09. The molecule has 1 aliphatic rings. The summed E-state index contributed by atoms with van der Waals surface area (Å²) in [5.41, 5.74) is 1.56. The molecule has 0 saturated carbocycles. The number of rotatable bonds is 3. The number of ether oxygens (including phenoxy) is 1. The minimum absolute atomic E-state index is 0.0787. The molecule has 1 fully saturated rings. The van der Waals surface area contributed by atoms with Crippen molar-refractivity contribution in [3.8, 4) is 10.6 Å². The van der Waals surface area contributed by atoms with Gasteiger partial charge >= 0.3 is 0 Å². The van der Waals surface area contributed by atoms with Gasteiger partial charge in [0.2, 0.25) is 0 Å². The van der Waals surface area contributed by atoms with Gasteiger partial charge in [0.1, 0.15) is 11.8 Å². The van der Waals surface area contributed by atoms with Gasteiger partial charge in [0.05, 0.1) is 10.6 Å². The van der Waals surface area contributed by atoms with Crippen molar-refractivity contribution in [1.29, 1.82) is 0 Å². The highest BCUT2D eigenvalue weighted by Crippen LogP contribution is 2.31. The van der Waals surface area contributed by atoms with Crippen LogP contribution in [-0.4, -0.2) is 23.6 Å². The number of carbonyl (C=O) groups is 1. The Morgan fingerprint density at radius 2 is 2.35 bits per heavy atom. The fourth-order valence-corrected chi connectivity index (χ4v) is 3.14. The molecule has 3 rings (SSSR count). The lowest BCUT2D eigenvalue weighted by molar-refractivity contribution is -0.124. The Morgan fingerprint density at radius 1 is 1.45 bits per heavy atom. The summed E-state index contributed by atoms with van der Waals surface area (Å²) in [6.07, 6.45) is 3.15. The van der Waals surface area contributed by atoms with Gasteiger partial charge in [-0.25, -0.2) is 0 Å². The average molecular weight is 288 g/mol. The van der Waals surface area contributed by atoms with Crippen LogP contribution < -0.4 is 5.32 Å². The van der Waals surface area contributed by atoms with Crippen molar-refractivity contribution in [1.82, 2.24) is 4.98 Å². The Hall–Kier alpha value is -1.72. The zero-order valence-electron chi connectivity index (χ0n) is 11.3. The standard InChI is InChI=1S/C15H16N2O2S/c1-10-6-7-13(20-10)14-11(4-2-8-16-14)17-15(18)12-5-3-9-19-12/h2,4,6-8,12H,3,5,9H2,1H3,(H,17,18). The van der Waals surface area contributed by atoms with Crippen LogP contribution in [0.15, 0.2) is 30.5 Å². The van der Waals surface area contributed by atoms with Gasteiger partial charge in [-0.15, -0.1) is 11.3 Å². The van der Waals surface area contributed by atoms with E-state index in [0.29, 0.717) is 6.61 Å². The van der Waals surface area contributed by atoms with E-state index in [1.807, 2.05) is 18.2 Å². The molecule has 3 heterocycles. The summed E-state index contributed by atoms with van der Waals surface area (Å²) in [4.78, 5) is 18.8. The van der Waals surface area contributed by atoms with E-state index in [9.17, 15) is 4.79 Å². The molecule has 4 nitrogen and oxygen atoms in total. The average Bonchev–Trinajstić information content (AvgIpc) is 3.10. The normalized spacial score (nSPS) is 18.1. The Kier molecular flexibility index (Phi) is 3.80. The molecule has 0 spiro atoms. The minimum atomic E-state index is -0.326. The summed E-state index contributed by atoms with van der Waals surface area (Å²) in [7, 11) is 0. The third-order valence-electron chi connectivity index (χ3n) is 3.26. The van der Waals surface area contributed by atoms with Crippen LogP contribution in [0.3, 0.4) is 0 Å². The molecular formula is C15H16N2O2S. The third kappa shape index (κ3) is 2.73. The Morgan fingerprint density at radius 3 is 3.05 bits per heavy atom. The van der Waals surface area contributed by atoms with E-state index in [1.54, 1.807) is 17.5 Å². The van der Waals surface area contributed by atoms with Gasteiger partial charge in [0.15, 0.2) is 0 Å². The molecule has 0 aliphatic carbocycles. The molecule has 0 bridgehead atoms. The lowest BCUT2D eigenvalue weighted by Crippen LogP contribution is -2.27. The first kappa shape index (κ1) is 13.3. The fourth-order valence-electron chi connectivity index (χ4n) is 2.26. The monoisotopic (exact) mass is 288 g/mol. The lowest BCUT2D eigenvalue weighted by atomic mass is 10.2. The number of nitrogens with zero attached hydrogens (tertiary/aromatic N) is 1. The van der Waals surface area contributed by atoms with Crippen molar-refractivity contribution in [2.45, 2.75) is 25.9 Å². The summed E-state index contributed by atoms with van der Waals surface area (Å²) in [6.45, 7) is 2.73. The maximum atomic E-state index is 12.1. The molecule has 0 radical (unpaired) electrons. The number of nitrogens with one attached hydrogen (secondary N) is 1. The molecule has 0 aromatic carbocycles. The zero-order chi connectivity index (χ0) is 13.9. The van der Waals surface area contributed by atoms with Gasteiger partial charge in [-0.3, -0.25) is 9.78 Å². The molecule has 1 unspecified atom stereocenters. The fraction of sp³-hybridized carbons (Fsp3) is 0.333. The second kappa shape index (κ2) is 5.73. The van der Waals surface area contributed by atoms with E-state index in [2.05, 4.69) is 23.3 Å². The number of thiophene rings is 1. The minimum Gasteiger partial charge on any atom is -0.368 e. The van der Waals surface area contributed by atoms with E-state index in [4.69, 9.17) is 4.74 Å². The quantitative estimate of drug-likeness (QED) is 0.943. The molecule has 104 valence electrons. The summed E-state index contributed by atoms with van der Waals surface area (Å²) in [5.74, 6) is -0.0787. The van der Waals surface area contributed by atoms with Crippen LogP contribution in [0, 0.1) is 6.92 Å². The number of hydrogen-bond donors (Lipinski definition) is 1. The molecule has 2 aromatic heterocycles. The van der Waals surface area contributed by atoms with Crippen LogP contribution in [0.5, 0.6) is 0 Å². The van der Waals surface area contributed by atoms with Crippen LogP contribution in [-0.2, 0) is 9.53 Å². The number of amides is 1. The van der Waals surface area contributed by atoms with E-state index < -0.39 is 0 Å². The topological polar surface area (TPSA) is 51.2 Å². The first-order chi connectivity index (χ1) is 9.74. The van der Waals surface area contributed by atoms with Crippen LogP contribution >= 0.6 is 11.3 Å².